The molecule has 2 heterocycles. The fourth-order valence-corrected chi connectivity index (χ4v) is 2.88. The molecule has 0 radical (unpaired) electrons. The highest BCUT2D eigenvalue weighted by Crippen LogP contribution is 2.28. The van der Waals surface area contributed by atoms with E-state index in [4.69, 9.17) is 0 Å². The summed E-state index contributed by atoms with van der Waals surface area (Å²) in [5, 5.41) is 5.93. The van der Waals surface area contributed by atoms with Gasteiger partial charge in [-0.1, -0.05) is 0 Å². The lowest BCUT2D eigenvalue weighted by atomic mass is 9.99. The molecule has 0 bridgehead atoms. The lowest BCUT2D eigenvalue weighted by Gasteiger charge is -2.36. The Hall–Kier alpha value is -1.26. The van der Waals surface area contributed by atoms with Crippen LogP contribution in [0.1, 0.15) is 46.5 Å². The van der Waals surface area contributed by atoms with Gasteiger partial charge < -0.3 is 15.5 Å². The molecule has 2 N–H and O–H groups in total. The molecule has 2 fully saturated rings. The Labute approximate surface area is 108 Å². The van der Waals surface area contributed by atoms with Crippen LogP contribution in [-0.2, 0) is 4.79 Å². The lowest BCUT2D eigenvalue weighted by Crippen LogP contribution is -2.58. The van der Waals surface area contributed by atoms with Crippen LogP contribution in [0, 0.1) is 0 Å². The van der Waals surface area contributed by atoms with E-state index in [1.165, 1.54) is 0 Å². The van der Waals surface area contributed by atoms with E-state index in [0.717, 1.165) is 25.8 Å². The molecule has 18 heavy (non-hydrogen) atoms. The monoisotopic (exact) mass is 253 g/mol. The number of rotatable bonds is 1. The molecule has 0 spiro atoms. The third kappa shape index (κ3) is 2.60. The summed E-state index contributed by atoms with van der Waals surface area (Å²) in [4.78, 5) is 25.4. The zero-order valence-corrected chi connectivity index (χ0v) is 11.5. The van der Waals surface area contributed by atoms with Crippen molar-refractivity contribution in [2.75, 3.05) is 6.54 Å². The predicted octanol–water partition coefficient (Wildman–Crippen LogP) is 1.24. The van der Waals surface area contributed by atoms with Crippen LogP contribution in [-0.4, -0.2) is 41.0 Å². The summed E-state index contributed by atoms with van der Waals surface area (Å²) < 4.78 is 0. The molecule has 2 aliphatic heterocycles. The first-order valence-electron chi connectivity index (χ1n) is 6.78. The molecule has 5 nitrogen and oxygen atoms in total. The van der Waals surface area contributed by atoms with Gasteiger partial charge in [0, 0.05) is 24.5 Å². The SMILES string of the molecule is CC1NC(=O)CCC1NC(=O)N1CCCC1(C)C. The zero-order valence-electron chi connectivity index (χ0n) is 11.5. The van der Waals surface area contributed by atoms with Crippen molar-refractivity contribution in [3.63, 3.8) is 0 Å². The van der Waals surface area contributed by atoms with Crippen LogP contribution in [0.4, 0.5) is 4.79 Å². The second-order valence-corrected chi connectivity index (χ2v) is 6.02. The maximum Gasteiger partial charge on any atom is 0.318 e. The summed E-state index contributed by atoms with van der Waals surface area (Å²) in [6.45, 7) is 6.97. The Morgan fingerprint density at radius 3 is 2.78 bits per heavy atom. The molecular formula is C13H23N3O2. The molecule has 2 saturated heterocycles. The van der Waals surface area contributed by atoms with Gasteiger partial charge in [0.25, 0.3) is 0 Å². The number of carbonyl (C=O) groups excluding carboxylic acids is 2. The number of nitrogens with zero attached hydrogens (tertiary/aromatic N) is 1. The van der Waals surface area contributed by atoms with Crippen molar-refractivity contribution in [3.05, 3.63) is 0 Å². The average molecular weight is 253 g/mol. The highest BCUT2D eigenvalue weighted by molar-refractivity contribution is 5.79. The quantitative estimate of drug-likeness (QED) is 0.738. The summed E-state index contributed by atoms with van der Waals surface area (Å²) in [7, 11) is 0. The van der Waals surface area contributed by atoms with Gasteiger partial charge in [-0.15, -0.1) is 0 Å². The zero-order chi connectivity index (χ0) is 13.3. The number of amides is 3. The minimum absolute atomic E-state index is 0.00509. The molecule has 5 heteroatoms. The number of likely N-dealkylation sites (tertiary alicyclic amines) is 1. The van der Waals surface area contributed by atoms with Crippen LogP contribution in [0.25, 0.3) is 0 Å². The minimum Gasteiger partial charge on any atom is -0.352 e. The van der Waals surface area contributed by atoms with E-state index in [0.29, 0.717) is 6.42 Å². The van der Waals surface area contributed by atoms with Crippen LogP contribution in [0.5, 0.6) is 0 Å². The summed E-state index contributed by atoms with van der Waals surface area (Å²) in [5.74, 6) is 0.0782. The third-order valence-corrected chi connectivity index (χ3v) is 4.13. The standard InChI is InChI=1S/C13H23N3O2/c1-9-10(5-6-11(17)14-9)15-12(18)16-8-4-7-13(16,2)3/h9-10H,4-8H2,1-3H3,(H,14,17)(H,15,18). The van der Waals surface area contributed by atoms with Gasteiger partial charge in [0.05, 0.1) is 6.04 Å². The molecular weight excluding hydrogens is 230 g/mol. The van der Waals surface area contributed by atoms with E-state index in [-0.39, 0.29) is 29.6 Å². The van der Waals surface area contributed by atoms with Gasteiger partial charge in [-0.3, -0.25) is 4.79 Å². The second-order valence-electron chi connectivity index (χ2n) is 6.02. The Kier molecular flexibility index (Phi) is 3.50. The Morgan fingerprint density at radius 2 is 2.22 bits per heavy atom. The lowest BCUT2D eigenvalue weighted by molar-refractivity contribution is -0.123. The van der Waals surface area contributed by atoms with Gasteiger partial charge in [-0.05, 0) is 40.0 Å². The highest BCUT2D eigenvalue weighted by Gasteiger charge is 2.37. The van der Waals surface area contributed by atoms with E-state index in [1.54, 1.807) is 0 Å². The van der Waals surface area contributed by atoms with Crippen molar-refractivity contribution >= 4 is 11.9 Å². The van der Waals surface area contributed by atoms with Gasteiger partial charge in [0.15, 0.2) is 0 Å². The smallest absolute Gasteiger partial charge is 0.318 e. The summed E-state index contributed by atoms with van der Waals surface area (Å²) in [6, 6.07) is 0.0676. The first-order valence-corrected chi connectivity index (χ1v) is 6.78. The molecule has 2 unspecified atom stereocenters. The van der Waals surface area contributed by atoms with Crippen LogP contribution in [0.3, 0.4) is 0 Å². The van der Waals surface area contributed by atoms with E-state index < -0.39 is 0 Å². The number of hydrogen-bond donors (Lipinski definition) is 2. The number of piperidine rings is 1. The Morgan fingerprint density at radius 1 is 1.50 bits per heavy atom. The number of carbonyl (C=O) groups is 2. The highest BCUT2D eigenvalue weighted by atomic mass is 16.2. The normalized spacial score (nSPS) is 31.1. The summed E-state index contributed by atoms with van der Waals surface area (Å²) >= 11 is 0. The van der Waals surface area contributed by atoms with Gasteiger partial charge in [0.2, 0.25) is 5.91 Å². The molecule has 2 atom stereocenters. The van der Waals surface area contributed by atoms with Crippen LogP contribution in [0.2, 0.25) is 0 Å². The average Bonchev–Trinajstić information content (AvgIpc) is 2.62. The molecule has 102 valence electrons. The maximum atomic E-state index is 12.3. The molecule has 2 rings (SSSR count). The largest absolute Gasteiger partial charge is 0.352 e. The van der Waals surface area contributed by atoms with Crippen LogP contribution >= 0.6 is 0 Å². The van der Waals surface area contributed by atoms with Gasteiger partial charge in [0.1, 0.15) is 0 Å². The van der Waals surface area contributed by atoms with Crippen molar-refractivity contribution in [3.8, 4) is 0 Å². The van der Waals surface area contributed by atoms with Gasteiger partial charge in [-0.2, -0.15) is 0 Å². The fraction of sp³-hybridized carbons (Fsp3) is 0.846. The van der Waals surface area contributed by atoms with E-state index in [1.807, 2.05) is 11.8 Å². The number of urea groups is 1. The molecule has 0 aromatic carbocycles. The summed E-state index contributed by atoms with van der Waals surface area (Å²) in [6.07, 6.45) is 3.35. The van der Waals surface area contributed by atoms with Crippen molar-refractivity contribution in [2.45, 2.75) is 64.1 Å². The molecule has 0 aromatic rings. The van der Waals surface area contributed by atoms with E-state index in [9.17, 15) is 9.59 Å². The van der Waals surface area contributed by atoms with Crippen molar-refractivity contribution in [1.82, 2.24) is 15.5 Å². The van der Waals surface area contributed by atoms with Gasteiger partial charge >= 0.3 is 6.03 Å². The van der Waals surface area contributed by atoms with Crippen LogP contribution < -0.4 is 10.6 Å². The second kappa shape index (κ2) is 4.78. The number of hydrogen-bond acceptors (Lipinski definition) is 2. The number of nitrogens with one attached hydrogen (secondary N) is 2. The van der Waals surface area contributed by atoms with Crippen molar-refractivity contribution in [2.24, 2.45) is 0 Å². The predicted molar refractivity (Wildman–Crippen MR) is 69.2 cm³/mol. The first kappa shape index (κ1) is 13.2. The Balaban J connectivity index is 1.93. The van der Waals surface area contributed by atoms with Crippen molar-refractivity contribution < 1.29 is 9.59 Å². The van der Waals surface area contributed by atoms with E-state index >= 15 is 0 Å². The summed E-state index contributed by atoms with van der Waals surface area (Å²) in [5.41, 5.74) is -0.0504. The molecule has 0 aliphatic carbocycles. The molecule has 0 saturated carbocycles. The maximum absolute atomic E-state index is 12.3. The fourth-order valence-electron chi connectivity index (χ4n) is 2.88. The van der Waals surface area contributed by atoms with E-state index in [2.05, 4.69) is 24.5 Å². The molecule has 2 aliphatic rings. The van der Waals surface area contributed by atoms with Crippen LogP contribution in [0.15, 0.2) is 0 Å². The topological polar surface area (TPSA) is 61.4 Å². The Bertz CT molecular complexity index is 354. The third-order valence-electron chi connectivity index (χ3n) is 4.13. The molecule has 3 amide bonds. The first-order chi connectivity index (χ1) is 8.40. The van der Waals surface area contributed by atoms with Gasteiger partial charge in [-0.25, -0.2) is 4.79 Å². The van der Waals surface area contributed by atoms with Crippen molar-refractivity contribution in [1.29, 1.82) is 0 Å². The molecule has 0 aromatic heterocycles. The minimum atomic E-state index is -0.0504.